The molecule has 1 aliphatic carbocycles. The normalized spacial score (nSPS) is 29.5. The van der Waals surface area contributed by atoms with Gasteiger partial charge in [0.05, 0.1) is 35.0 Å². The van der Waals surface area contributed by atoms with Gasteiger partial charge in [-0.05, 0) is 31.0 Å². The zero-order valence-electron chi connectivity index (χ0n) is 18.4. The summed E-state index contributed by atoms with van der Waals surface area (Å²) in [5.74, 6) is -2.36. The number of aliphatic carboxylic acids is 1. The monoisotopic (exact) mass is 516 g/mol. The molecule has 4 rings (SSSR count). The van der Waals surface area contributed by atoms with Gasteiger partial charge in [0.25, 0.3) is 0 Å². The minimum Gasteiger partial charge on any atom is -0.480 e. The second-order valence-electron chi connectivity index (χ2n) is 8.90. The number of hydrogen-bond acceptors (Lipinski definition) is 8. The van der Waals surface area contributed by atoms with Gasteiger partial charge in [0.2, 0.25) is 5.91 Å². The lowest BCUT2D eigenvalue weighted by molar-refractivity contribution is -0.143. The Labute approximate surface area is 198 Å². The number of carbonyl (C=O) groups excluding carboxylic acids is 1. The summed E-state index contributed by atoms with van der Waals surface area (Å²) in [6.45, 7) is 0.911. The molecule has 1 aromatic carbocycles. The van der Waals surface area contributed by atoms with E-state index in [2.05, 4.69) is 0 Å². The van der Waals surface area contributed by atoms with Crippen LogP contribution in [0.3, 0.4) is 0 Å². The second-order valence-corrected chi connectivity index (χ2v) is 11.1. The van der Waals surface area contributed by atoms with Gasteiger partial charge < -0.3 is 20.5 Å². The molecule has 4 atom stereocenters. The first-order chi connectivity index (χ1) is 16.3. The van der Waals surface area contributed by atoms with Crippen molar-refractivity contribution in [1.82, 2.24) is 4.90 Å². The van der Waals surface area contributed by atoms with Crippen LogP contribution in [0.5, 0.6) is 0 Å². The predicted molar refractivity (Wildman–Crippen MR) is 114 cm³/mol. The first kappa shape index (κ1) is 25.2. The fraction of sp³-hybridized carbons (Fsp3) is 0.571. The van der Waals surface area contributed by atoms with Gasteiger partial charge in [-0.3, -0.25) is 14.5 Å². The number of anilines is 1. The molecule has 2 unspecified atom stereocenters. The van der Waals surface area contributed by atoms with Crippen LogP contribution >= 0.6 is 0 Å². The fourth-order valence-electron chi connectivity index (χ4n) is 4.91. The Bertz CT molecular complexity index is 1190. The number of carboxylic acid groups (broad SMARTS) is 1. The topological polar surface area (TPSA) is 154 Å². The summed E-state index contributed by atoms with van der Waals surface area (Å²) in [4.78, 5) is 25.5. The van der Waals surface area contributed by atoms with Crippen molar-refractivity contribution in [2.45, 2.75) is 41.2 Å². The molecular weight excluding hydrogens is 493 g/mol. The van der Waals surface area contributed by atoms with E-state index in [1.807, 2.05) is 0 Å². The van der Waals surface area contributed by atoms with E-state index in [1.165, 1.54) is 11.0 Å². The molecule has 2 heterocycles. The Morgan fingerprint density at radius 3 is 2.43 bits per heavy atom. The number of hydrogen-bond donors (Lipinski definition) is 2. The standard InChI is InChI=1S/C21H23F3N4O6S/c22-21(23,24)14-7-12(27-3-5-34-6-4-27)1-2-16(14)35(32,33)13-8-15(18(29)30)28(10-13)17-9-20(17,11-25)19(26)31/h1-2,7,13,15,17H,3-6,8-10H2,(H2,26,31)(H,29,30)/t13-,15+,17?,20?/m1/s1. The molecule has 3 fully saturated rings. The maximum Gasteiger partial charge on any atom is 0.417 e. The Kier molecular flexibility index (Phi) is 6.23. The first-order valence-corrected chi connectivity index (χ1v) is 12.3. The van der Waals surface area contributed by atoms with E-state index in [0.29, 0.717) is 26.3 Å². The van der Waals surface area contributed by atoms with Crippen molar-refractivity contribution < 1.29 is 41.0 Å². The van der Waals surface area contributed by atoms with Gasteiger partial charge in [0.15, 0.2) is 15.3 Å². The van der Waals surface area contributed by atoms with Crippen LogP contribution in [0.25, 0.3) is 0 Å². The summed E-state index contributed by atoms with van der Waals surface area (Å²) >= 11 is 0. The highest BCUT2D eigenvalue weighted by Crippen LogP contribution is 2.52. The van der Waals surface area contributed by atoms with Gasteiger partial charge in [0, 0.05) is 31.4 Å². The molecule has 2 aliphatic heterocycles. The number of sulfone groups is 1. The zero-order chi connectivity index (χ0) is 25.8. The summed E-state index contributed by atoms with van der Waals surface area (Å²) in [6, 6.07) is 2.44. The minimum atomic E-state index is -4.98. The van der Waals surface area contributed by atoms with Crippen molar-refractivity contribution >= 4 is 27.4 Å². The largest absolute Gasteiger partial charge is 0.480 e. The molecule has 3 N–H and O–H groups in total. The fourth-order valence-corrected chi connectivity index (χ4v) is 6.81. The Balaban J connectivity index is 1.68. The second kappa shape index (κ2) is 8.65. The number of ether oxygens (including phenoxy) is 1. The van der Waals surface area contributed by atoms with Crippen LogP contribution in [0.2, 0.25) is 0 Å². The molecule has 190 valence electrons. The summed E-state index contributed by atoms with van der Waals surface area (Å²) in [5, 5.41) is 17.5. The number of carbonyl (C=O) groups is 2. The van der Waals surface area contributed by atoms with Gasteiger partial charge in [-0.15, -0.1) is 0 Å². The number of nitrogens with two attached hydrogens (primary N) is 1. The van der Waals surface area contributed by atoms with Crippen LogP contribution in [0.1, 0.15) is 18.4 Å². The quantitative estimate of drug-likeness (QED) is 0.553. The van der Waals surface area contributed by atoms with E-state index in [4.69, 9.17) is 10.5 Å². The number of nitriles is 1. The van der Waals surface area contributed by atoms with Gasteiger partial charge in [-0.1, -0.05) is 0 Å². The highest BCUT2D eigenvalue weighted by molar-refractivity contribution is 7.92. The number of halogens is 3. The highest BCUT2D eigenvalue weighted by Gasteiger charge is 2.66. The Hall–Kier alpha value is -2.89. The molecule has 1 saturated carbocycles. The van der Waals surface area contributed by atoms with Crippen LogP contribution in [0.4, 0.5) is 18.9 Å². The van der Waals surface area contributed by atoms with Gasteiger partial charge in [0.1, 0.15) is 6.04 Å². The first-order valence-electron chi connectivity index (χ1n) is 10.8. The summed E-state index contributed by atoms with van der Waals surface area (Å²) in [6.07, 6.45) is -5.54. The van der Waals surface area contributed by atoms with E-state index in [1.54, 1.807) is 11.0 Å². The van der Waals surface area contributed by atoms with E-state index in [9.17, 15) is 41.5 Å². The summed E-state index contributed by atoms with van der Waals surface area (Å²) in [5.41, 5.74) is 2.51. The average Bonchev–Trinajstić information content (AvgIpc) is 3.39. The molecule has 14 heteroatoms. The van der Waals surface area contributed by atoms with E-state index < -0.39 is 74.1 Å². The third-order valence-electron chi connectivity index (χ3n) is 6.94. The molecule has 2 saturated heterocycles. The smallest absolute Gasteiger partial charge is 0.417 e. The number of likely N-dealkylation sites (tertiary alicyclic amines) is 1. The molecule has 0 bridgehead atoms. The van der Waals surface area contributed by atoms with Crippen LogP contribution < -0.4 is 10.6 Å². The number of nitrogens with zero attached hydrogens (tertiary/aromatic N) is 3. The average molecular weight is 516 g/mol. The maximum absolute atomic E-state index is 14.0. The van der Waals surface area contributed by atoms with E-state index >= 15 is 0 Å². The molecule has 35 heavy (non-hydrogen) atoms. The lowest BCUT2D eigenvalue weighted by atomic mass is 10.1. The van der Waals surface area contributed by atoms with Crippen LogP contribution in [-0.2, 0) is 30.3 Å². The maximum atomic E-state index is 14.0. The van der Waals surface area contributed by atoms with Crippen molar-refractivity contribution in [3.8, 4) is 6.07 Å². The molecule has 0 spiro atoms. The number of amides is 1. The van der Waals surface area contributed by atoms with Crippen molar-refractivity contribution in [3.63, 3.8) is 0 Å². The Morgan fingerprint density at radius 1 is 1.26 bits per heavy atom. The Morgan fingerprint density at radius 2 is 1.91 bits per heavy atom. The SMILES string of the molecule is N#CC1(C(N)=O)CC1N1C[C@H](S(=O)(=O)c2ccc(N3CCOCC3)cc2C(F)(F)F)C[C@H]1C(=O)O. The van der Waals surface area contributed by atoms with Crippen LogP contribution in [0, 0.1) is 16.7 Å². The number of carboxylic acids is 1. The van der Waals surface area contributed by atoms with Crippen LogP contribution in [-0.4, -0.2) is 80.5 Å². The van der Waals surface area contributed by atoms with Crippen molar-refractivity contribution in [3.05, 3.63) is 23.8 Å². The molecular formula is C21H23F3N4O6S. The summed E-state index contributed by atoms with van der Waals surface area (Å²) in [7, 11) is -4.64. The lowest BCUT2D eigenvalue weighted by Gasteiger charge is -2.30. The van der Waals surface area contributed by atoms with Gasteiger partial charge in [-0.25, -0.2) is 8.42 Å². The molecule has 10 nitrogen and oxygen atoms in total. The zero-order valence-corrected chi connectivity index (χ0v) is 19.2. The molecule has 0 radical (unpaired) electrons. The number of primary amides is 1. The molecule has 3 aliphatic rings. The number of rotatable bonds is 6. The molecule has 1 aromatic rings. The van der Waals surface area contributed by atoms with E-state index in [0.717, 1.165) is 12.1 Å². The predicted octanol–water partition coefficient (Wildman–Crippen LogP) is 0.611. The number of morpholine rings is 1. The van der Waals surface area contributed by atoms with Crippen LogP contribution in [0.15, 0.2) is 23.1 Å². The third-order valence-corrected chi connectivity index (χ3v) is 9.13. The van der Waals surface area contributed by atoms with Crippen molar-refractivity contribution in [2.75, 3.05) is 37.7 Å². The van der Waals surface area contributed by atoms with Gasteiger partial charge >= 0.3 is 12.1 Å². The minimum absolute atomic E-state index is 0.0720. The molecule has 1 amide bonds. The third kappa shape index (κ3) is 4.32. The van der Waals surface area contributed by atoms with Gasteiger partial charge in [-0.2, -0.15) is 18.4 Å². The van der Waals surface area contributed by atoms with Crippen molar-refractivity contribution in [2.24, 2.45) is 11.1 Å². The lowest BCUT2D eigenvalue weighted by Crippen LogP contribution is -2.42. The highest BCUT2D eigenvalue weighted by atomic mass is 32.2. The number of benzene rings is 1. The number of alkyl halides is 3. The molecule has 0 aromatic heterocycles. The van der Waals surface area contributed by atoms with Crippen molar-refractivity contribution in [1.29, 1.82) is 5.26 Å². The van der Waals surface area contributed by atoms with E-state index in [-0.39, 0.29) is 12.1 Å². The summed E-state index contributed by atoms with van der Waals surface area (Å²) < 4.78 is 73.9.